The van der Waals surface area contributed by atoms with E-state index in [1.807, 2.05) is 0 Å². The molecule has 0 saturated carbocycles. The quantitative estimate of drug-likeness (QED) is 0.454. The van der Waals surface area contributed by atoms with Gasteiger partial charge in [0.05, 0.1) is 18.0 Å². The van der Waals surface area contributed by atoms with Gasteiger partial charge in [-0.05, 0) is 13.0 Å². The predicted octanol–water partition coefficient (Wildman–Crippen LogP) is 1.45. The Morgan fingerprint density at radius 3 is 2.80 bits per heavy atom. The number of aliphatic hydroxyl groups excluding tert-OH is 1. The highest BCUT2D eigenvalue weighted by Gasteiger charge is 2.27. The number of rotatable bonds is 5. The number of nitrogens with zero attached hydrogens (tertiary/aromatic N) is 1. The van der Waals surface area contributed by atoms with Crippen molar-refractivity contribution in [3.8, 4) is 0 Å². The van der Waals surface area contributed by atoms with Gasteiger partial charge in [0, 0.05) is 35.5 Å². The first-order chi connectivity index (χ1) is 11.6. The normalized spacial score (nSPS) is 24.4. The van der Waals surface area contributed by atoms with Crippen LogP contribution in [0, 0.1) is 0 Å². The van der Waals surface area contributed by atoms with E-state index in [-0.39, 0.29) is 34.6 Å². The fourth-order valence-corrected chi connectivity index (χ4v) is 2.45. The van der Waals surface area contributed by atoms with Crippen molar-refractivity contribution < 1.29 is 38.3 Å². The third kappa shape index (κ3) is 4.86. The molecule has 0 spiro atoms. The van der Waals surface area contributed by atoms with Crippen molar-refractivity contribution in [3.05, 3.63) is 46.7 Å². The summed E-state index contributed by atoms with van der Waals surface area (Å²) in [6.45, 7) is 1.02. The Morgan fingerprint density at radius 1 is 1.56 bits per heavy atom. The number of aliphatic carboxylic acids is 1. The molecule has 0 aromatic carbocycles. The molecule has 1 heterocycles. The number of phosphoric ester groups is 1. The van der Waals surface area contributed by atoms with Crippen LogP contribution in [-0.2, 0) is 13.9 Å². The Balaban J connectivity index is 2.31. The van der Waals surface area contributed by atoms with Crippen LogP contribution >= 0.6 is 7.82 Å². The van der Waals surface area contributed by atoms with Crippen LogP contribution in [0.15, 0.2) is 51.6 Å². The number of aliphatic hydroxyl groups is 1. The summed E-state index contributed by atoms with van der Waals surface area (Å²) in [4.78, 5) is 32.3. The minimum Gasteiger partial charge on any atom is -0.505 e. The van der Waals surface area contributed by atoms with Gasteiger partial charge in [0.25, 0.3) is 0 Å². The minimum atomic E-state index is -4.73. The number of phosphoric acid groups is 1. The number of carboxylic acid groups (broad SMARTS) is 1. The van der Waals surface area contributed by atoms with E-state index in [2.05, 4.69) is 14.8 Å². The molecule has 0 fully saturated rings. The van der Waals surface area contributed by atoms with Crippen molar-refractivity contribution in [2.75, 3.05) is 6.61 Å². The number of dihydropyridines is 1. The van der Waals surface area contributed by atoms with Crippen LogP contribution in [0.4, 0.5) is 4.39 Å². The van der Waals surface area contributed by atoms with Crippen molar-refractivity contribution in [2.24, 2.45) is 4.99 Å². The molecule has 2 rings (SSSR count). The summed E-state index contributed by atoms with van der Waals surface area (Å²) in [5.41, 5.74) is 0.347. The predicted molar refractivity (Wildman–Crippen MR) is 85.3 cm³/mol. The van der Waals surface area contributed by atoms with E-state index in [1.54, 1.807) is 6.92 Å². The van der Waals surface area contributed by atoms with Crippen LogP contribution in [-0.4, -0.2) is 44.5 Å². The molecule has 0 amide bonds. The van der Waals surface area contributed by atoms with Crippen LogP contribution in [0.1, 0.15) is 13.3 Å². The zero-order chi connectivity index (χ0) is 18.8. The number of hydrogen-bond acceptors (Lipinski definition) is 6. The molecule has 136 valence electrons. The van der Waals surface area contributed by atoms with Crippen LogP contribution in [0.2, 0.25) is 0 Å². The van der Waals surface area contributed by atoms with Gasteiger partial charge in [-0.15, -0.1) is 0 Å². The van der Waals surface area contributed by atoms with Crippen molar-refractivity contribution in [1.29, 1.82) is 0 Å². The van der Waals surface area contributed by atoms with Gasteiger partial charge < -0.3 is 25.3 Å². The number of alkyl halides is 1. The van der Waals surface area contributed by atoms with Crippen molar-refractivity contribution in [1.82, 2.24) is 5.32 Å². The average Bonchev–Trinajstić information content (AvgIpc) is 2.88. The van der Waals surface area contributed by atoms with Gasteiger partial charge in [-0.2, -0.15) is 0 Å². The van der Waals surface area contributed by atoms with Gasteiger partial charge in [0.1, 0.15) is 11.9 Å². The molecule has 0 aromatic rings. The van der Waals surface area contributed by atoms with Crippen LogP contribution in [0.25, 0.3) is 0 Å². The zero-order valence-corrected chi connectivity index (χ0v) is 13.9. The fraction of sp³-hybridized carbons (Fsp3) is 0.286. The Labute approximate surface area is 141 Å². The Morgan fingerprint density at radius 2 is 2.24 bits per heavy atom. The lowest BCUT2D eigenvalue weighted by Gasteiger charge is -2.19. The summed E-state index contributed by atoms with van der Waals surface area (Å²) in [6.07, 6.45) is 1.67. The molecular weight excluding hydrogens is 358 g/mol. The summed E-state index contributed by atoms with van der Waals surface area (Å²) in [5.74, 6) is -1.50. The number of allylic oxidation sites excluding steroid dienone is 3. The molecule has 11 heteroatoms. The fourth-order valence-electron chi connectivity index (χ4n) is 2.14. The van der Waals surface area contributed by atoms with Gasteiger partial charge in [0.15, 0.2) is 0 Å². The molecule has 1 aliphatic heterocycles. The second-order valence-corrected chi connectivity index (χ2v) is 6.53. The zero-order valence-electron chi connectivity index (χ0n) is 13.0. The SMILES string of the molecule is CC1=C(O)/C(=C\N=C2C=C(C(=O)O)C[C@@H]2F)C(COP(=O)(O)O)=CN1. The summed E-state index contributed by atoms with van der Waals surface area (Å²) >= 11 is 0. The van der Waals surface area contributed by atoms with E-state index in [9.17, 15) is 18.9 Å². The first-order valence-electron chi connectivity index (χ1n) is 7.00. The molecule has 0 radical (unpaired) electrons. The minimum absolute atomic E-state index is 0.0709. The van der Waals surface area contributed by atoms with E-state index in [1.165, 1.54) is 6.20 Å². The number of nitrogens with one attached hydrogen (secondary N) is 1. The standard InChI is InChI=1S/C14H16FN2O7P/c1-7-13(18)10(9(4-16-7)6-24-25(21,22)23)5-17-12-3-8(14(19)20)2-11(12)15/h3-5,11,16,18H,2,6H2,1H3,(H,19,20)(H2,21,22,23)/b10-5-,17-12?/t11-/m0/s1. The molecule has 25 heavy (non-hydrogen) atoms. The van der Waals surface area contributed by atoms with Crippen LogP contribution in [0.5, 0.6) is 0 Å². The third-order valence-electron chi connectivity index (χ3n) is 3.47. The monoisotopic (exact) mass is 374 g/mol. The molecule has 0 bridgehead atoms. The van der Waals surface area contributed by atoms with E-state index in [4.69, 9.17) is 14.9 Å². The van der Waals surface area contributed by atoms with Crippen molar-refractivity contribution in [3.63, 3.8) is 0 Å². The largest absolute Gasteiger partial charge is 0.505 e. The molecule has 2 aliphatic rings. The second kappa shape index (κ2) is 7.32. The Kier molecular flexibility index (Phi) is 5.58. The van der Waals surface area contributed by atoms with Crippen molar-refractivity contribution in [2.45, 2.75) is 19.5 Å². The van der Waals surface area contributed by atoms with Gasteiger partial charge in [-0.1, -0.05) is 0 Å². The molecule has 0 aromatic heterocycles. The highest BCUT2D eigenvalue weighted by Crippen LogP contribution is 2.37. The van der Waals surface area contributed by atoms with E-state index in [0.717, 1.165) is 12.3 Å². The maximum absolute atomic E-state index is 13.8. The van der Waals surface area contributed by atoms with Gasteiger partial charge in [-0.3, -0.25) is 9.52 Å². The Bertz CT molecular complexity index is 791. The summed E-state index contributed by atoms with van der Waals surface area (Å²) in [6, 6.07) is 0. The molecule has 5 N–H and O–H groups in total. The number of carbonyl (C=O) groups is 1. The number of hydrogen-bond donors (Lipinski definition) is 5. The third-order valence-corrected chi connectivity index (χ3v) is 3.93. The summed E-state index contributed by atoms with van der Waals surface area (Å²) in [5, 5.41) is 21.7. The highest BCUT2D eigenvalue weighted by molar-refractivity contribution is 7.46. The first kappa shape index (κ1) is 19.1. The van der Waals surface area contributed by atoms with E-state index < -0.39 is 26.6 Å². The molecular formula is C14H16FN2O7P. The first-order valence-corrected chi connectivity index (χ1v) is 8.53. The molecule has 0 unspecified atom stereocenters. The van der Waals surface area contributed by atoms with Gasteiger partial charge in [-0.25, -0.2) is 13.8 Å². The van der Waals surface area contributed by atoms with Gasteiger partial charge >= 0.3 is 13.8 Å². The molecule has 1 aliphatic carbocycles. The maximum Gasteiger partial charge on any atom is 0.469 e. The van der Waals surface area contributed by atoms with E-state index in [0.29, 0.717) is 5.70 Å². The smallest absolute Gasteiger partial charge is 0.469 e. The van der Waals surface area contributed by atoms with E-state index >= 15 is 0 Å². The maximum atomic E-state index is 13.8. The molecule has 9 nitrogen and oxygen atoms in total. The average molecular weight is 374 g/mol. The van der Waals surface area contributed by atoms with Crippen molar-refractivity contribution >= 4 is 19.5 Å². The number of halogens is 1. The second-order valence-electron chi connectivity index (χ2n) is 5.29. The summed E-state index contributed by atoms with van der Waals surface area (Å²) < 4.78 is 29.0. The lowest BCUT2D eigenvalue weighted by atomic mass is 10.0. The molecule has 1 atom stereocenters. The lowest BCUT2D eigenvalue weighted by molar-refractivity contribution is -0.132. The van der Waals surface area contributed by atoms with Crippen LogP contribution in [0.3, 0.4) is 0 Å². The Hall–Kier alpha value is -2.26. The number of aliphatic imine (C=N–C) groups is 1. The number of carboxylic acids is 1. The van der Waals surface area contributed by atoms with Gasteiger partial charge in [0.2, 0.25) is 0 Å². The topological polar surface area (TPSA) is 149 Å². The van der Waals surface area contributed by atoms with Crippen LogP contribution < -0.4 is 5.32 Å². The lowest BCUT2D eigenvalue weighted by Crippen LogP contribution is -2.17. The molecule has 0 saturated heterocycles. The highest BCUT2D eigenvalue weighted by atomic mass is 31.2. The summed E-state index contributed by atoms with van der Waals surface area (Å²) in [7, 11) is -4.73.